The Morgan fingerprint density at radius 3 is 2.21 bits per heavy atom. The van der Waals surface area contributed by atoms with E-state index >= 15 is 0 Å². The van der Waals surface area contributed by atoms with Crippen molar-refractivity contribution in [2.45, 2.75) is 48.0 Å². The maximum absolute atomic E-state index is 13.2. The highest BCUT2D eigenvalue weighted by molar-refractivity contribution is 7.92. The van der Waals surface area contributed by atoms with Gasteiger partial charge in [0, 0.05) is 25.3 Å². The van der Waals surface area contributed by atoms with Crippen LogP contribution in [0.5, 0.6) is 0 Å². The number of sulfonamides is 1. The smallest absolute Gasteiger partial charge is 0.376 e. The molecular formula is C21H27F3N2O5S3. The van der Waals surface area contributed by atoms with E-state index in [4.69, 9.17) is 0 Å². The summed E-state index contributed by atoms with van der Waals surface area (Å²) in [5.74, 6) is -0.316. The summed E-state index contributed by atoms with van der Waals surface area (Å²) in [5.41, 5.74) is -2.95. The molecule has 1 aliphatic rings. The Morgan fingerprint density at radius 2 is 1.71 bits per heavy atom. The molecule has 1 aromatic heterocycles. The maximum Gasteiger partial charge on any atom is 0.421 e. The standard InChI is InChI=1S/C21H27F3N2O5S3/c1-15(2)33(28,29)14-18-13-25(34(30,31)19-5-4-12-32-19)10-11-26(18)17-8-6-16(7-9-17)20(3,27)21(22,23)24/h4-9,12,15,18,27H,10-11,13-14H2,1-3H3/t18-,20?/m1/s1. The Labute approximate surface area is 201 Å². The van der Waals surface area contributed by atoms with Crippen LogP contribution in [-0.2, 0) is 25.5 Å². The zero-order chi connectivity index (χ0) is 25.5. The zero-order valence-electron chi connectivity index (χ0n) is 18.9. The second-order valence-electron chi connectivity index (χ2n) is 8.64. The van der Waals surface area contributed by atoms with Crippen molar-refractivity contribution in [3.63, 3.8) is 0 Å². The average molecular weight is 541 g/mol. The first kappa shape index (κ1) is 26.9. The Hall–Kier alpha value is -1.67. The molecule has 0 saturated carbocycles. The third kappa shape index (κ3) is 5.27. The predicted molar refractivity (Wildman–Crippen MR) is 125 cm³/mol. The number of halogens is 3. The molecule has 34 heavy (non-hydrogen) atoms. The van der Waals surface area contributed by atoms with Crippen LogP contribution < -0.4 is 4.90 Å². The molecule has 0 bridgehead atoms. The topological polar surface area (TPSA) is 95.0 Å². The minimum atomic E-state index is -4.87. The number of alkyl halides is 3. The second kappa shape index (κ2) is 9.41. The minimum Gasteiger partial charge on any atom is -0.376 e. The molecule has 0 spiro atoms. The summed E-state index contributed by atoms with van der Waals surface area (Å²) in [6.07, 6.45) is -4.87. The molecule has 0 aliphatic carbocycles. The monoisotopic (exact) mass is 540 g/mol. The number of thiophene rings is 1. The molecule has 1 aromatic carbocycles. The van der Waals surface area contributed by atoms with Crippen molar-refractivity contribution in [2.24, 2.45) is 0 Å². The normalized spacial score (nSPS) is 20.5. The molecule has 0 amide bonds. The first-order valence-corrected chi connectivity index (χ1v) is 14.5. The fourth-order valence-electron chi connectivity index (χ4n) is 3.67. The highest BCUT2D eigenvalue weighted by Crippen LogP contribution is 2.39. The number of nitrogens with zero attached hydrogens (tertiary/aromatic N) is 2. The van der Waals surface area contributed by atoms with Gasteiger partial charge in [-0.25, -0.2) is 16.8 Å². The van der Waals surface area contributed by atoms with E-state index in [1.807, 2.05) is 0 Å². The van der Waals surface area contributed by atoms with Crippen LogP contribution in [0.2, 0.25) is 0 Å². The SMILES string of the molecule is CC(C)S(=O)(=O)C[C@H]1CN(S(=O)(=O)c2cccs2)CCN1c1ccc(C(C)(O)C(F)(F)F)cc1. The number of hydrogen-bond donors (Lipinski definition) is 1. The lowest BCUT2D eigenvalue weighted by Gasteiger charge is -2.42. The van der Waals surface area contributed by atoms with Gasteiger partial charge in [0.1, 0.15) is 4.21 Å². The Bertz CT molecular complexity index is 1190. The summed E-state index contributed by atoms with van der Waals surface area (Å²) in [5, 5.41) is 10.9. The summed E-state index contributed by atoms with van der Waals surface area (Å²) in [4.78, 5) is 1.70. The van der Waals surface area contributed by atoms with Crippen LogP contribution in [0.4, 0.5) is 18.9 Å². The van der Waals surface area contributed by atoms with Gasteiger partial charge in [-0.05, 0) is 49.9 Å². The molecule has 1 aliphatic heterocycles. The van der Waals surface area contributed by atoms with Crippen molar-refractivity contribution in [3.05, 3.63) is 47.3 Å². The summed E-state index contributed by atoms with van der Waals surface area (Å²) in [7, 11) is -7.36. The quantitative estimate of drug-likeness (QED) is 0.580. The number of anilines is 1. The van der Waals surface area contributed by atoms with E-state index in [1.54, 1.807) is 16.3 Å². The molecule has 2 heterocycles. The van der Waals surface area contributed by atoms with Crippen molar-refractivity contribution in [2.75, 3.05) is 30.3 Å². The van der Waals surface area contributed by atoms with Gasteiger partial charge in [0.05, 0.1) is 17.0 Å². The fourth-order valence-corrected chi connectivity index (χ4v) is 7.49. The van der Waals surface area contributed by atoms with Gasteiger partial charge in [0.15, 0.2) is 15.4 Å². The van der Waals surface area contributed by atoms with Crippen LogP contribution in [0.1, 0.15) is 26.3 Å². The average Bonchev–Trinajstić information content (AvgIpc) is 3.28. The third-order valence-corrected chi connectivity index (χ3v) is 11.5. The van der Waals surface area contributed by atoms with Crippen LogP contribution >= 0.6 is 11.3 Å². The summed E-state index contributed by atoms with van der Waals surface area (Å²) in [6, 6.07) is 7.41. The largest absolute Gasteiger partial charge is 0.421 e. The number of aliphatic hydroxyl groups is 1. The number of benzene rings is 1. The number of rotatable bonds is 7. The molecule has 3 rings (SSSR count). The molecule has 2 aromatic rings. The second-order valence-corrected chi connectivity index (χ2v) is 14.4. The first-order chi connectivity index (χ1) is 15.6. The van der Waals surface area contributed by atoms with Crippen molar-refractivity contribution in [1.82, 2.24) is 4.31 Å². The third-order valence-electron chi connectivity index (χ3n) is 5.99. The highest BCUT2D eigenvalue weighted by Gasteiger charge is 2.51. The number of hydrogen-bond acceptors (Lipinski definition) is 7. The lowest BCUT2D eigenvalue weighted by molar-refractivity contribution is -0.258. The van der Waals surface area contributed by atoms with E-state index in [9.17, 15) is 35.1 Å². The van der Waals surface area contributed by atoms with Crippen molar-refractivity contribution < 1.29 is 35.1 Å². The van der Waals surface area contributed by atoms with Crippen LogP contribution in [0, 0.1) is 0 Å². The van der Waals surface area contributed by atoms with Gasteiger partial charge in [-0.3, -0.25) is 0 Å². The van der Waals surface area contributed by atoms with E-state index in [0.717, 1.165) is 23.5 Å². The van der Waals surface area contributed by atoms with Crippen molar-refractivity contribution in [1.29, 1.82) is 0 Å². The van der Waals surface area contributed by atoms with Crippen molar-refractivity contribution in [3.8, 4) is 0 Å². The van der Waals surface area contributed by atoms with Crippen LogP contribution in [-0.4, -0.2) is 69.1 Å². The van der Waals surface area contributed by atoms with Crippen LogP contribution in [0.3, 0.4) is 0 Å². The van der Waals surface area contributed by atoms with Gasteiger partial charge in [0.25, 0.3) is 10.0 Å². The zero-order valence-corrected chi connectivity index (χ0v) is 21.3. The van der Waals surface area contributed by atoms with Crippen molar-refractivity contribution >= 4 is 36.9 Å². The first-order valence-electron chi connectivity index (χ1n) is 10.5. The molecule has 1 saturated heterocycles. The number of piperazine rings is 1. The lowest BCUT2D eigenvalue weighted by atomic mass is 9.95. The Kier molecular flexibility index (Phi) is 7.46. The van der Waals surface area contributed by atoms with Gasteiger partial charge >= 0.3 is 6.18 Å². The summed E-state index contributed by atoms with van der Waals surface area (Å²) < 4.78 is 92.4. The molecule has 1 N–H and O–H groups in total. The maximum atomic E-state index is 13.2. The van der Waals surface area contributed by atoms with Gasteiger partial charge in [0.2, 0.25) is 0 Å². The lowest BCUT2D eigenvalue weighted by Crippen LogP contribution is -2.57. The summed E-state index contributed by atoms with van der Waals surface area (Å²) in [6.45, 7) is 3.88. The molecule has 190 valence electrons. The fraction of sp³-hybridized carbons (Fsp3) is 0.524. The molecule has 7 nitrogen and oxygen atoms in total. The van der Waals surface area contributed by atoms with E-state index in [1.165, 1.54) is 36.4 Å². The Balaban J connectivity index is 1.93. The van der Waals surface area contributed by atoms with Crippen LogP contribution in [0.15, 0.2) is 46.0 Å². The summed E-state index contributed by atoms with van der Waals surface area (Å²) >= 11 is 1.07. The van der Waals surface area contributed by atoms with Gasteiger partial charge in [-0.15, -0.1) is 11.3 Å². The molecule has 1 fully saturated rings. The van der Waals surface area contributed by atoms with Gasteiger partial charge < -0.3 is 10.0 Å². The molecule has 1 unspecified atom stereocenters. The van der Waals surface area contributed by atoms with E-state index in [0.29, 0.717) is 12.6 Å². The Morgan fingerprint density at radius 1 is 1.09 bits per heavy atom. The molecule has 0 radical (unpaired) electrons. The number of sulfone groups is 1. The van der Waals surface area contributed by atoms with E-state index in [2.05, 4.69) is 0 Å². The van der Waals surface area contributed by atoms with Gasteiger partial charge in [-0.1, -0.05) is 18.2 Å². The molecular weight excluding hydrogens is 513 g/mol. The highest BCUT2D eigenvalue weighted by atomic mass is 32.2. The van der Waals surface area contributed by atoms with E-state index < -0.39 is 42.9 Å². The minimum absolute atomic E-state index is 0.0838. The van der Waals surface area contributed by atoms with Crippen LogP contribution in [0.25, 0.3) is 0 Å². The van der Waals surface area contributed by atoms with Gasteiger partial charge in [-0.2, -0.15) is 17.5 Å². The van der Waals surface area contributed by atoms with E-state index in [-0.39, 0.29) is 35.2 Å². The predicted octanol–water partition coefficient (Wildman–Crippen LogP) is 3.22. The molecule has 13 heteroatoms. The molecule has 2 atom stereocenters.